The second kappa shape index (κ2) is 8.98. The lowest BCUT2D eigenvalue weighted by Crippen LogP contribution is -2.40. The molecule has 2 aromatic rings. The van der Waals surface area contributed by atoms with Gasteiger partial charge in [-0.05, 0) is 14.1 Å². The number of aromatic nitrogens is 1. The summed E-state index contributed by atoms with van der Waals surface area (Å²) in [5, 5.41) is 17.0. The molecule has 1 fully saturated rings. The Morgan fingerprint density at radius 3 is 2.67 bits per heavy atom. The van der Waals surface area contributed by atoms with Gasteiger partial charge >= 0.3 is 0 Å². The van der Waals surface area contributed by atoms with E-state index < -0.39 is 6.10 Å². The summed E-state index contributed by atoms with van der Waals surface area (Å²) in [5.41, 5.74) is 1.17. The van der Waals surface area contributed by atoms with Crippen molar-refractivity contribution < 1.29 is 19.2 Å². The fourth-order valence-electron chi connectivity index (χ4n) is 3.05. The van der Waals surface area contributed by atoms with Crippen LogP contribution in [0, 0.1) is 0 Å². The molecule has 27 heavy (non-hydrogen) atoms. The van der Waals surface area contributed by atoms with Crippen LogP contribution in [0.3, 0.4) is 0 Å². The quantitative estimate of drug-likeness (QED) is 0.742. The number of carbonyl (C=O) groups excluding carboxylic acids is 1. The molecule has 1 atom stereocenters. The second-order valence-corrected chi connectivity index (χ2v) is 6.80. The molecule has 146 valence electrons. The molecule has 1 aromatic carbocycles. The number of ether oxygens (including phenoxy) is 1. The van der Waals surface area contributed by atoms with Gasteiger partial charge in [-0.1, -0.05) is 35.5 Å². The molecule has 1 saturated heterocycles. The number of morpholine rings is 1. The van der Waals surface area contributed by atoms with Crippen molar-refractivity contribution in [1.82, 2.24) is 15.4 Å². The average Bonchev–Trinajstić information content (AvgIpc) is 3.12. The van der Waals surface area contributed by atoms with E-state index in [1.165, 1.54) is 0 Å². The van der Waals surface area contributed by atoms with E-state index in [2.05, 4.69) is 10.5 Å². The molecular weight excluding hydrogens is 348 g/mol. The van der Waals surface area contributed by atoms with Crippen LogP contribution in [0.25, 0.3) is 11.3 Å². The zero-order chi connectivity index (χ0) is 19.2. The molecule has 8 heteroatoms. The number of amides is 1. The molecule has 1 amide bonds. The van der Waals surface area contributed by atoms with Crippen molar-refractivity contribution in [3.05, 3.63) is 35.9 Å². The van der Waals surface area contributed by atoms with Gasteiger partial charge in [-0.3, -0.25) is 4.79 Å². The predicted molar refractivity (Wildman–Crippen MR) is 102 cm³/mol. The number of aliphatic hydroxyl groups is 1. The maximum atomic E-state index is 13.0. The highest BCUT2D eigenvalue weighted by atomic mass is 16.5. The van der Waals surface area contributed by atoms with Crippen molar-refractivity contribution in [2.75, 3.05) is 58.4 Å². The molecule has 0 saturated carbocycles. The lowest BCUT2D eigenvalue weighted by molar-refractivity contribution is 0.0891. The predicted octanol–water partition coefficient (Wildman–Crippen LogP) is 0.831. The lowest BCUT2D eigenvalue weighted by Gasteiger charge is -2.27. The Morgan fingerprint density at radius 1 is 1.30 bits per heavy atom. The third-order valence-corrected chi connectivity index (χ3v) is 4.32. The zero-order valence-electron chi connectivity index (χ0n) is 15.7. The van der Waals surface area contributed by atoms with Crippen LogP contribution in [0.4, 0.5) is 5.82 Å². The van der Waals surface area contributed by atoms with Gasteiger partial charge in [-0.2, -0.15) is 0 Å². The molecule has 0 radical (unpaired) electrons. The summed E-state index contributed by atoms with van der Waals surface area (Å²) >= 11 is 0. The van der Waals surface area contributed by atoms with Crippen LogP contribution in [0.2, 0.25) is 0 Å². The lowest BCUT2D eigenvalue weighted by atomic mass is 10.1. The van der Waals surface area contributed by atoms with Crippen molar-refractivity contribution in [1.29, 1.82) is 0 Å². The number of nitrogens with zero attached hydrogens (tertiary/aromatic N) is 3. The minimum Gasteiger partial charge on any atom is -0.390 e. The van der Waals surface area contributed by atoms with Crippen molar-refractivity contribution in [2.24, 2.45) is 0 Å². The summed E-state index contributed by atoms with van der Waals surface area (Å²) in [5.74, 6) is 0.628. The molecule has 2 heterocycles. The molecule has 8 nitrogen and oxygen atoms in total. The van der Waals surface area contributed by atoms with Gasteiger partial charge in [0, 0.05) is 31.7 Å². The summed E-state index contributed by atoms with van der Waals surface area (Å²) in [6.45, 7) is 3.06. The normalized spacial score (nSPS) is 15.8. The Kier molecular flexibility index (Phi) is 6.44. The first-order valence-corrected chi connectivity index (χ1v) is 9.05. The van der Waals surface area contributed by atoms with E-state index in [1.807, 2.05) is 54.2 Å². The molecule has 1 aliphatic heterocycles. The third-order valence-electron chi connectivity index (χ3n) is 4.32. The molecule has 1 aromatic heterocycles. The summed E-state index contributed by atoms with van der Waals surface area (Å²) in [7, 11) is 3.74. The molecule has 0 spiro atoms. The first kappa shape index (κ1) is 19.3. The van der Waals surface area contributed by atoms with Crippen molar-refractivity contribution >= 4 is 11.7 Å². The topological polar surface area (TPSA) is 91.1 Å². The Bertz CT molecular complexity index is 741. The number of hydrogen-bond acceptors (Lipinski definition) is 7. The van der Waals surface area contributed by atoms with Crippen molar-refractivity contribution in [2.45, 2.75) is 6.10 Å². The zero-order valence-corrected chi connectivity index (χ0v) is 15.7. The van der Waals surface area contributed by atoms with Crippen LogP contribution >= 0.6 is 0 Å². The Labute approximate surface area is 158 Å². The summed E-state index contributed by atoms with van der Waals surface area (Å²) < 4.78 is 11.0. The standard InChI is InChI=1S/C19H26N4O4/c1-22(2)13-15(24)12-20-19(25)16-17(14-6-4-3-5-7-14)27-21-18(16)23-8-10-26-11-9-23/h3-7,15,24H,8-13H2,1-2H3,(H,20,25). The highest BCUT2D eigenvalue weighted by Crippen LogP contribution is 2.31. The SMILES string of the molecule is CN(C)CC(O)CNC(=O)c1c(N2CCOCC2)noc1-c1ccccc1. The van der Waals surface area contributed by atoms with Gasteiger partial charge in [0.25, 0.3) is 5.91 Å². The van der Waals surface area contributed by atoms with Gasteiger partial charge in [-0.25, -0.2) is 0 Å². The Hall–Kier alpha value is -2.42. The minimum absolute atomic E-state index is 0.152. The summed E-state index contributed by atoms with van der Waals surface area (Å²) in [4.78, 5) is 16.8. The number of rotatable bonds is 7. The molecular formula is C19H26N4O4. The summed E-state index contributed by atoms with van der Waals surface area (Å²) in [6, 6.07) is 9.42. The van der Waals surface area contributed by atoms with Crippen LogP contribution < -0.4 is 10.2 Å². The van der Waals surface area contributed by atoms with E-state index in [1.54, 1.807) is 0 Å². The van der Waals surface area contributed by atoms with Gasteiger partial charge in [-0.15, -0.1) is 0 Å². The monoisotopic (exact) mass is 374 g/mol. The Balaban J connectivity index is 1.85. The highest BCUT2D eigenvalue weighted by Gasteiger charge is 2.28. The van der Waals surface area contributed by atoms with Crippen LogP contribution in [-0.2, 0) is 4.74 Å². The first-order chi connectivity index (χ1) is 13.1. The number of benzene rings is 1. The van der Waals surface area contributed by atoms with E-state index in [9.17, 15) is 9.90 Å². The fraction of sp³-hybridized carbons (Fsp3) is 0.474. The van der Waals surface area contributed by atoms with E-state index >= 15 is 0 Å². The van der Waals surface area contributed by atoms with Gasteiger partial charge in [0.05, 0.1) is 19.3 Å². The minimum atomic E-state index is -0.657. The number of nitrogens with one attached hydrogen (secondary N) is 1. The highest BCUT2D eigenvalue weighted by molar-refractivity contribution is 6.04. The number of carbonyl (C=O) groups is 1. The molecule has 1 aliphatic rings. The maximum absolute atomic E-state index is 13.0. The number of aliphatic hydroxyl groups excluding tert-OH is 1. The second-order valence-electron chi connectivity index (χ2n) is 6.80. The van der Waals surface area contributed by atoms with Crippen LogP contribution in [0.1, 0.15) is 10.4 Å². The number of likely N-dealkylation sites (N-methyl/N-ethyl adjacent to an activating group) is 1. The maximum Gasteiger partial charge on any atom is 0.259 e. The summed E-state index contributed by atoms with van der Waals surface area (Å²) in [6.07, 6.45) is -0.657. The van der Waals surface area contributed by atoms with Gasteiger partial charge in [0.15, 0.2) is 11.6 Å². The van der Waals surface area contributed by atoms with Crippen LogP contribution in [0.5, 0.6) is 0 Å². The van der Waals surface area contributed by atoms with E-state index in [-0.39, 0.29) is 12.5 Å². The molecule has 2 N–H and O–H groups in total. The molecule has 0 bridgehead atoms. The van der Waals surface area contributed by atoms with E-state index in [4.69, 9.17) is 9.26 Å². The van der Waals surface area contributed by atoms with Crippen molar-refractivity contribution in [3.63, 3.8) is 0 Å². The Morgan fingerprint density at radius 2 is 2.00 bits per heavy atom. The van der Waals surface area contributed by atoms with Gasteiger partial charge < -0.3 is 29.5 Å². The van der Waals surface area contributed by atoms with E-state index in [0.717, 1.165) is 5.56 Å². The van der Waals surface area contributed by atoms with Crippen LogP contribution in [-0.4, -0.2) is 80.7 Å². The smallest absolute Gasteiger partial charge is 0.259 e. The van der Waals surface area contributed by atoms with Crippen molar-refractivity contribution in [3.8, 4) is 11.3 Å². The van der Waals surface area contributed by atoms with Gasteiger partial charge in [0.2, 0.25) is 0 Å². The third kappa shape index (κ3) is 4.85. The van der Waals surface area contributed by atoms with Crippen LogP contribution in [0.15, 0.2) is 34.9 Å². The number of anilines is 1. The largest absolute Gasteiger partial charge is 0.390 e. The van der Waals surface area contributed by atoms with Gasteiger partial charge in [0.1, 0.15) is 5.56 Å². The van der Waals surface area contributed by atoms with E-state index in [0.29, 0.717) is 50.0 Å². The molecule has 0 aliphatic carbocycles. The first-order valence-electron chi connectivity index (χ1n) is 9.05. The number of hydrogen-bond donors (Lipinski definition) is 2. The fourth-order valence-corrected chi connectivity index (χ4v) is 3.05. The molecule has 1 unspecified atom stereocenters. The molecule has 3 rings (SSSR count). The average molecular weight is 374 g/mol.